The number of hydrogen-bond acceptors (Lipinski definition) is 7. The average molecular weight is 558 g/mol. The predicted molar refractivity (Wildman–Crippen MR) is 119 cm³/mol. The van der Waals surface area contributed by atoms with E-state index in [0.717, 1.165) is 7.11 Å². The Labute approximate surface area is 209 Å². The molecule has 0 saturated carbocycles. The van der Waals surface area contributed by atoms with Gasteiger partial charge in [-0.25, -0.2) is 17.9 Å². The number of rotatable bonds is 7. The van der Waals surface area contributed by atoms with Crippen molar-refractivity contribution in [2.24, 2.45) is 0 Å². The number of sulfone groups is 1. The van der Waals surface area contributed by atoms with E-state index in [0.29, 0.717) is 23.6 Å². The number of carbonyl (C=O) groups excluding carboxylic acids is 1. The second-order valence-electron chi connectivity index (χ2n) is 8.84. The van der Waals surface area contributed by atoms with Gasteiger partial charge in [0.1, 0.15) is 22.5 Å². The van der Waals surface area contributed by atoms with Crippen molar-refractivity contribution in [1.82, 2.24) is 9.78 Å². The number of aryl methyl sites for hydroxylation is 1. The number of anilines is 1. The van der Waals surface area contributed by atoms with Crippen molar-refractivity contribution < 1.29 is 49.0 Å². The van der Waals surface area contributed by atoms with Gasteiger partial charge < -0.3 is 14.4 Å². The zero-order chi connectivity index (χ0) is 27.9. The van der Waals surface area contributed by atoms with E-state index in [1.54, 1.807) is 17.7 Å². The maximum Gasteiger partial charge on any atom is 0.422 e. The Bertz CT molecular complexity index is 1260. The van der Waals surface area contributed by atoms with E-state index in [1.807, 2.05) is 13.8 Å². The van der Waals surface area contributed by atoms with E-state index in [2.05, 4.69) is 9.84 Å². The number of alkyl halides is 6. The smallest absolute Gasteiger partial charge is 0.422 e. The van der Waals surface area contributed by atoms with Crippen LogP contribution < -0.4 is 9.64 Å². The lowest BCUT2D eigenvalue weighted by Gasteiger charge is -2.26. The highest BCUT2D eigenvalue weighted by Gasteiger charge is 2.46. The van der Waals surface area contributed by atoms with Crippen molar-refractivity contribution in [2.75, 3.05) is 25.2 Å². The topological polar surface area (TPSA) is 90.7 Å². The summed E-state index contributed by atoms with van der Waals surface area (Å²) >= 11 is 0. The van der Waals surface area contributed by atoms with Gasteiger partial charge in [-0.2, -0.15) is 31.4 Å². The van der Waals surface area contributed by atoms with Gasteiger partial charge in [0.05, 0.1) is 23.6 Å². The Hall–Kier alpha value is -2.97. The van der Waals surface area contributed by atoms with Crippen LogP contribution in [-0.2, 0) is 25.5 Å². The van der Waals surface area contributed by atoms with E-state index in [1.165, 1.54) is 4.90 Å². The lowest BCUT2D eigenvalue weighted by Crippen LogP contribution is -2.38. The number of benzene rings is 1. The van der Waals surface area contributed by atoms with Gasteiger partial charge in [-0.3, -0.25) is 0 Å². The summed E-state index contributed by atoms with van der Waals surface area (Å²) in [7, 11) is -3.46. The Morgan fingerprint density at radius 3 is 2.35 bits per heavy atom. The van der Waals surface area contributed by atoms with Crippen LogP contribution >= 0.6 is 0 Å². The molecular formula is C22H25F6N3O5S. The first-order valence-corrected chi connectivity index (χ1v) is 12.6. The van der Waals surface area contributed by atoms with Crippen LogP contribution in [0.5, 0.6) is 5.75 Å². The number of ether oxygens (including phenoxy) is 2. The van der Waals surface area contributed by atoms with Gasteiger partial charge in [0, 0.05) is 18.7 Å². The molecule has 15 heteroatoms. The van der Waals surface area contributed by atoms with Crippen LogP contribution in [0.4, 0.5) is 32.2 Å². The molecule has 1 aromatic carbocycles. The SMILES string of the molecule is COC(=O)[C@H]1C[C@@H](S(=O)(=O)c2ccc(C(F)(F)F)cc2OCC(F)(F)F)CN1c1cc(C)nn1C(C)C. The van der Waals surface area contributed by atoms with Crippen molar-refractivity contribution >= 4 is 21.6 Å². The molecular weight excluding hydrogens is 532 g/mol. The number of aromatic nitrogens is 2. The maximum atomic E-state index is 13.6. The van der Waals surface area contributed by atoms with E-state index in [-0.39, 0.29) is 25.1 Å². The van der Waals surface area contributed by atoms with Crippen LogP contribution in [0, 0.1) is 6.92 Å². The molecule has 2 heterocycles. The highest BCUT2D eigenvalue weighted by Crippen LogP contribution is 2.39. The summed E-state index contributed by atoms with van der Waals surface area (Å²) in [6, 6.07) is 1.63. The monoisotopic (exact) mass is 557 g/mol. The van der Waals surface area contributed by atoms with Gasteiger partial charge in [0.25, 0.3) is 0 Å². The molecule has 3 rings (SSSR count). The van der Waals surface area contributed by atoms with Crippen molar-refractivity contribution in [3.05, 3.63) is 35.5 Å². The second-order valence-corrected chi connectivity index (χ2v) is 11.0. The maximum absolute atomic E-state index is 13.6. The average Bonchev–Trinajstić information content (AvgIpc) is 3.40. The molecule has 0 spiro atoms. The summed E-state index contributed by atoms with van der Waals surface area (Å²) in [6.45, 7) is 3.05. The summed E-state index contributed by atoms with van der Waals surface area (Å²) in [5, 5.41) is 2.98. The van der Waals surface area contributed by atoms with Crippen LogP contribution in [0.1, 0.15) is 37.6 Å². The zero-order valence-electron chi connectivity index (χ0n) is 20.2. The van der Waals surface area contributed by atoms with Gasteiger partial charge in [0.15, 0.2) is 16.4 Å². The summed E-state index contributed by atoms with van der Waals surface area (Å²) in [6.07, 6.45) is -10.2. The van der Waals surface area contributed by atoms with Gasteiger partial charge in [-0.1, -0.05) is 0 Å². The van der Waals surface area contributed by atoms with Crippen LogP contribution in [-0.4, -0.2) is 61.9 Å². The Morgan fingerprint density at radius 1 is 1.16 bits per heavy atom. The molecule has 206 valence electrons. The van der Waals surface area contributed by atoms with E-state index in [4.69, 9.17) is 4.74 Å². The van der Waals surface area contributed by atoms with Gasteiger partial charge >= 0.3 is 18.3 Å². The number of hydrogen-bond donors (Lipinski definition) is 0. The molecule has 0 amide bonds. The quantitative estimate of drug-likeness (QED) is 0.370. The fraction of sp³-hybridized carbons (Fsp3) is 0.545. The second kappa shape index (κ2) is 10.1. The molecule has 8 nitrogen and oxygen atoms in total. The van der Waals surface area contributed by atoms with Crippen molar-refractivity contribution in [2.45, 2.75) is 61.8 Å². The van der Waals surface area contributed by atoms with Crippen molar-refractivity contribution in [1.29, 1.82) is 0 Å². The summed E-state index contributed by atoms with van der Waals surface area (Å²) in [5.74, 6) is -1.42. The zero-order valence-corrected chi connectivity index (χ0v) is 21.0. The summed E-state index contributed by atoms with van der Waals surface area (Å²) < 4.78 is 116. The molecule has 1 aromatic heterocycles. The minimum absolute atomic E-state index is 0.171. The number of carbonyl (C=O) groups is 1. The van der Waals surface area contributed by atoms with Gasteiger partial charge in [0.2, 0.25) is 0 Å². The number of nitrogens with zero attached hydrogens (tertiary/aromatic N) is 3. The minimum atomic E-state index is -4.95. The molecule has 0 unspecified atom stereocenters. The van der Waals surface area contributed by atoms with Crippen LogP contribution in [0.15, 0.2) is 29.2 Å². The van der Waals surface area contributed by atoms with E-state index < -0.39 is 62.3 Å². The highest BCUT2D eigenvalue weighted by molar-refractivity contribution is 7.92. The number of esters is 1. The Balaban J connectivity index is 2.07. The fourth-order valence-corrected chi connectivity index (χ4v) is 5.91. The van der Waals surface area contributed by atoms with Crippen LogP contribution in [0.2, 0.25) is 0 Å². The van der Waals surface area contributed by atoms with E-state index in [9.17, 15) is 39.6 Å². The minimum Gasteiger partial charge on any atom is -0.483 e. The van der Waals surface area contributed by atoms with Crippen molar-refractivity contribution in [3.63, 3.8) is 0 Å². The number of halogens is 6. The largest absolute Gasteiger partial charge is 0.483 e. The first-order chi connectivity index (χ1) is 17.0. The fourth-order valence-electron chi connectivity index (χ4n) is 4.10. The molecule has 2 atom stereocenters. The number of methoxy groups -OCH3 is 1. The molecule has 0 aliphatic carbocycles. The lowest BCUT2D eigenvalue weighted by molar-refractivity contribution is -0.154. The van der Waals surface area contributed by atoms with E-state index >= 15 is 0 Å². The first-order valence-electron chi connectivity index (χ1n) is 11.0. The Kier molecular flexibility index (Phi) is 7.78. The van der Waals surface area contributed by atoms with Crippen LogP contribution in [0.25, 0.3) is 0 Å². The standard InChI is InChI=1S/C22H25F6N3O5S/c1-12(2)31-19(7-13(3)29-31)30-10-15(9-16(30)20(32)35-4)37(33,34)18-6-5-14(22(26,27)28)8-17(18)36-11-21(23,24)25/h5-8,12,15-16H,9-11H2,1-4H3/t15-,16-/m1/s1. The normalized spacial score (nSPS) is 18.9. The van der Waals surface area contributed by atoms with Crippen LogP contribution in [0.3, 0.4) is 0 Å². The molecule has 0 radical (unpaired) electrons. The third-order valence-electron chi connectivity index (χ3n) is 5.77. The molecule has 1 saturated heterocycles. The van der Waals surface area contributed by atoms with Gasteiger partial charge in [-0.15, -0.1) is 0 Å². The molecule has 1 fully saturated rings. The molecule has 1 aliphatic heterocycles. The third-order valence-corrected chi connectivity index (χ3v) is 7.93. The lowest BCUT2D eigenvalue weighted by atomic mass is 10.2. The molecule has 2 aromatic rings. The summed E-state index contributed by atoms with van der Waals surface area (Å²) in [4.78, 5) is 13.2. The van der Waals surface area contributed by atoms with Crippen molar-refractivity contribution in [3.8, 4) is 5.75 Å². The van der Waals surface area contributed by atoms with Gasteiger partial charge in [-0.05, 0) is 45.4 Å². The summed E-state index contributed by atoms with van der Waals surface area (Å²) in [5.41, 5.74) is -0.787. The molecule has 0 bridgehead atoms. The predicted octanol–water partition coefficient (Wildman–Crippen LogP) is 4.33. The highest BCUT2D eigenvalue weighted by atomic mass is 32.2. The Morgan fingerprint density at radius 2 is 1.81 bits per heavy atom. The molecule has 37 heavy (non-hydrogen) atoms. The molecule has 0 N–H and O–H groups in total. The first kappa shape index (κ1) is 28.6. The molecule has 1 aliphatic rings. The third kappa shape index (κ3) is 6.13.